The molecule has 2 nitrogen and oxygen atoms in total. The number of rotatable bonds is 0. The lowest BCUT2D eigenvalue weighted by atomic mass is 9.81. The minimum absolute atomic E-state index is 0.383. The molecule has 1 heterocycles. The fourth-order valence-corrected chi connectivity index (χ4v) is 2.14. The van der Waals surface area contributed by atoms with Gasteiger partial charge in [-0.15, -0.1) is 0 Å². The maximum absolute atomic E-state index is 11.2. The molecule has 2 rings (SSSR count). The molecule has 0 aromatic carbocycles. The number of hydrogen-bond acceptors (Lipinski definition) is 2. The van der Waals surface area contributed by atoms with Gasteiger partial charge in [-0.2, -0.15) is 0 Å². The Bertz CT molecular complexity index is 155. The third kappa shape index (κ3) is 0.870. The molecule has 0 unspecified atom stereocenters. The van der Waals surface area contributed by atoms with Gasteiger partial charge in [-0.1, -0.05) is 0 Å². The van der Waals surface area contributed by atoms with Crippen LogP contribution in [0.3, 0.4) is 0 Å². The van der Waals surface area contributed by atoms with Gasteiger partial charge >= 0.3 is 0 Å². The van der Waals surface area contributed by atoms with Gasteiger partial charge in [0.1, 0.15) is 5.78 Å². The molecule has 0 aromatic rings. The predicted octanol–water partition coefficient (Wildman–Crippen LogP) is 0.575. The highest BCUT2D eigenvalue weighted by Crippen LogP contribution is 2.29. The molecule has 2 aliphatic rings. The topological polar surface area (TPSA) is 29.1 Å². The van der Waals surface area contributed by atoms with Crippen LogP contribution < -0.4 is 5.32 Å². The van der Waals surface area contributed by atoms with E-state index in [0.29, 0.717) is 17.6 Å². The summed E-state index contributed by atoms with van der Waals surface area (Å²) in [6.45, 7) is 2.03. The lowest BCUT2D eigenvalue weighted by Crippen LogP contribution is -2.26. The SMILES string of the molecule is O=C1CCC[C@@H]2CNC[C@@H]12. The van der Waals surface area contributed by atoms with E-state index in [0.717, 1.165) is 25.9 Å². The van der Waals surface area contributed by atoms with Gasteiger partial charge in [-0.05, 0) is 25.3 Å². The van der Waals surface area contributed by atoms with E-state index in [1.807, 2.05) is 0 Å². The quantitative estimate of drug-likeness (QED) is 0.531. The van der Waals surface area contributed by atoms with E-state index in [9.17, 15) is 4.79 Å². The summed E-state index contributed by atoms with van der Waals surface area (Å²) in [5.74, 6) is 1.57. The summed E-state index contributed by atoms with van der Waals surface area (Å²) < 4.78 is 0. The lowest BCUT2D eigenvalue weighted by Gasteiger charge is -2.21. The zero-order valence-electron chi connectivity index (χ0n) is 6.10. The first-order valence-electron chi connectivity index (χ1n) is 4.11. The van der Waals surface area contributed by atoms with E-state index < -0.39 is 0 Å². The first kappa shape index (κ1) is 6.35. The molecule has 0 aromatic heterocycles. The van der Waals surface area contributed by atoms with Crippen molar-refractivity contribution in [3.05, 3.63) is 0 Å². The minimum Gasteiger partial charge on any atom is -0.316 e. The van der Waals surface area contributed by atoms with Gasteiger partial charge < -0.3 is 5.32 Å². The average Bonchev–Trinajstić information content (AvgIpc) is 2.36. The third-order valence-electron chi connectivity index (χ3n) is 2.75. The Morgan fingerprint density at radius 1 is 1.40 bits per heavy atom. The van der Waals surface area contributed by atoms with Gasteiger partial charge in [0.2, 0.25) is 0 Å². The van der Waals surface area contributed by atoms with Crippen LogP contribution in [-0.2, 0) is 4.79 Å². The van der Waals surface area contributed by atoms with E-state index in [1.54, 1.807) is 0 Å². The number of nitrogens with one attached hydrogen (secondary N) is 1. The molecule has 2 fully saturated rings. The second-order valence-electron chi connectivity index (χ2n) is 3.38. The Morgan fingerprint density at radius 2 is 2.30 bits per heavy atom. The first-order valence-corrected chi connectivity index (χ1v) is 4.11. The van der Waals surface area contributed by atoms with Gasteiger partial charge in [0.25, 0.3) is 0 Å². The van der Waals surface area contributed by atoms with Crippen molar-refractivity contribution in [3.8, 4) is 0 Å². The van der Waals surface area contributed by atoms with Crippen molar-refractivity contribution in [2.24, 2.45) is 11.8 Å². The second-order valence-corrected chi connectivity index (χ2v) is 3.38. The molecule has 0 radical (unpaired) electrons. The van der Waals surface area contributed by atoms with Crippen molar-refractivity contribution in [2.75, 3.05) is 13.1 Å². The molecular weight excluding hydrogens is 126 g/mol. The summed E-state index contributed by atoms with van der Waals surface area (Å²) >= 11 is 0. The van der Waals surface area contributed by atoms with Crippen molar-refractivity contribution in [2.45, 2.75) is 19.3 Å². The fourth-order valence-electron chi connectivity index (χ4n) is 2.14. The van der Waals surface area contributed by atoms with E-state index in [2.05, 4.69) is 5.32 Å². The van der Waals surface area contributed by atoms with Crippen LogP contribution in [0.2, 0.25) is 0 Å². The molecule has 0 amide bonds. The smallest absolute Gasteiger partial charge is 0.137 e. The normalized spacial score (nSPS) is 39.8. The van der Waals surface area contributed by atoms with Crippen molar-refractivity contribution < 1.29 is 4.79 Å². The Labute approximate surface area is 61.0 Å². The molecular formula is C8H13NO. The Kier molecular flexibility index (Phi) is 1.49. The van der Waals surface area contributed by atoms with Crippen molar-refractivity contribution >= 4 is 5.78 Å². The van der Waals surface area contributed by atoms with Gasteiger partial charge in [0, 0.05) is 18.9 Å². The third-order valence-corrected chi connectivity index (χ3v) is 2.75. The standard InChI is InChI=1S/C8H13NO/c10-8-3-1-2-6-4-9-5-7(6)8/h6-7,9H,1-5H2/t6-,7-/m1/s1. The highest BCUT2D eigenvalue weighted by Gasteiger charge is 2.34. The molecule has 56 valence electrons. The van der Waals surface area contributed by atoms with Gasteiger partial charge in [-0.25, -0.2) is 0 Å². The summed E-state index contributed by atoms with van der Waals surface area (Å²) in [7, 11) is 0. The van der Waals surface area contributed by atoms with Crippen LogP contribution in [0.5, 0.6) is 0 Å². The maximum Gasteiger partial charge on any atom is 0.137 e. The van der Waals surface area contributed by atoms with Gasteiger partial charge in [0.15, 0.2) is 0 Å². The van der Waals surface area contributed by atoms with Crippen LogP contribution in [0.15, 0.2) is 0 Å². The second kappa shape index (κ2) is 2.35. The molecule has 0 bridgehead atoms. The van der Waals surface area contributed by atoms with Crippen LogP contribution in [0.4, 0.5) is 0 Å². The highest BCUT2D eigenvalue weighted by atomic mass is 16.1. The van der Waals surface area contributed by atoms with Crippen LogP contribution in [0, 0.1) is 11.8 Å². The van der Waals surface area contributed by atoms with Crippen LogP contribution in [-0.4, -0.2) is 18.9 Å². The predicted molar refractivity (Wildman–Crippen MR) is 38.7 cm³/mol. The fraction of sp³-hybridized carbons (Fsp3) is 0.875. The molecule has 2 atom stereocenters. The molecule has 1 aliphatic carbocycles. The van der Waals surface area contributed by atoms with E-state index >= 15 is 0 Å². The van der Waals surface area contributed by atoms with Crippen molar-refractivity contribution in [1.29, 1.82) is 0 Å². The molecule has 10 heavy (non-hydrogen) atoms. The Morgan fingerprint density at radius 3 is 3.10 bits per heavy atom. The zero-order valence-corrected chi connectivity index (χ0v) is 6.10. The average molecular weight is 139 g/mol. The monoisotopic (exact) mass is 139 g/mol. The Hall–Kier alpha value is -0.370. The molecule has 2 heteroatoms. The maximum atomic E-state index is 11.2. The molecule has 1 saturated heterocycles. The van der Waals surface area contributed by atoms with Gasteiger partial charge in [-0.3, -0.25) is 4.79 Å². The number of carbonyl (C=O) groups excluding carboxylic acids is 1. The molecule has 1 N–H and O–H groups in total. The lowest BCUT2D eigenvalue weighted by molar-refractivity contribution is -0.125. The van der Waals surface area contributed by atoms with Crippen LogP contribution >= 0.6 is 0 Å². The largest absolute Gasteiger partial charge is 0.316 e. The number of carbonyl (C=O) groups is 1. The minimum atomic E-state index is 0.383. The summed E-state index contributed by atoms with van der Waals surface area (Å²) in [6, 6.07) is 0. The van der Waals surface area contributed by atoms with Crippen LogP contribution in [0.25, 0.3) is 0 Å². The number of hydrogen-bond donors (Lipinski definition) is 1. The zero-order chi connectivity index (χ0) is 6.97. The van der Waals surface area contributed by atoms with E-state index in [4.69, 9.17) is 0 Å². The molecule has 0 spiro atoms. The van der Waals surface area contributed by atoms with E-state index in [1.165, 1.54) is 6.42 Å². The number of ketones is 1. The first-order chi connectivity index (χ1) is 4.88. The summed E-state index contributed by atoms with van der Waals surface area (Å²) in [5.41, 5.74) is 0. The van der Waals surface area contributed by atoms with Gasteiger partial charge in [0.05, 0.1) is 0 Å². The van der Waals surface area contributed by atoms with Crippen molar-refractivity contribution in [3.63, 3.8) is 0 Å². The summed E-state index contributed by atoms with van der Waals surface area (Å²) in [4.78, 5) is 11.2. The van der Waals surface area contributed by atoms with Crippen molar-refractivity contribution in [1.82, 2.24) is 5.32 Å². The number of Topliss-reactive ketones (excluding diaryl/α,β-unsaturated/α-hetero) is 1. The van der Waals surface area contributed by atoms with Crippen LogP contribution in [0.1, 0.15) is 19.3 Å². The summed E-state index contributed by atoms with van der Waals surface area (Å²) in [5, 5.41) is 3.27. The molecule has 1 saturated carbocycles. The number of fused-ring (bicyclic) bond motifs is 1. The highest BCUT2D eigenvalue weighted by molar-refractivity contribution is 5.82. The van der Waals surface area contributed by atoms with E-state index in [-0.39, 0.29) is 0 Å². The Balaban J connectivity index is 2.10. The molecule has 1 aliphatic heterocycles. The summed E-state index contributed by atoms with van der Waals surface area (Å²) in [6.07, 6.45) is 3.23.